The number of halogens is 1. The number of nitroso groups, excluding NO2 is 1. The van der Waals surface area contributed by atoms with Crippen LogP contribution in [0, 0.1) is 4.91 Å². The van der Waals surface area contributed by atoms with Crippen molar-refractivity contribution in [3.05, 3.63) is 20.4 Å². The van der Waals surface area contributed by atoms with Gasteiger partial charge in [-0.05, 0) is 7.05 Å². The van der Waals surface area contributed by atoms with Crippen molar-refractivity contribution in [2.75, 3.05) is 27.4 Å². The molecule has 7 nitrogen and oxygen atoms in total. The number of hydrogen-bond donors (Lipinski definition) is 0. The van der Waals surface area contributed by atoms with Gasteiger partial charge in [0.1, 0.15) is 0 Å². The van der Waals surface area contributed by atoms with Gasteiger partial charge in [0.2, 0.25) is 5.96 Å². The molecule has 0 atom stereocenters. The molecule has 0 saturated carbocycles. The fourth-order valence-corrected chi connectivity index (χ4v) is 2.90. The molecule has 1 aliphatic heterocycles. The maximum absolute atomic E-state index is 10.4. The number of guanidine groups is 1. The first-order valence-electron chi connectivity index (χ1n) is 5.25. The number of thiazole rings is 1. The quantitative estimate of drug-likeness (QED) is 0.622. The highest BCUT2D eigenvalue weighted by Crippen LogP contribution is 2.21. The van der Waals surface area contributed by atoms with E-state index in [2.05, 4.69) is 20.3 Å². The maximum atomic E-state index is 10.4. The molecule has 1 aromatic heterocycles. The van der Waals surface area contributed by atoms with Gasteiger partial charge in [0, 0.05) is 18.1 Å². The zero-order valence-corrected chi connectivity index (χ0v) is 11.6. The van der Waals surface area contributed by atoms with Gasteiger partial charge in [0.25, 0.3) is 0 Å². The van der Waals surface area contributed by atoms with Crippen molar-refractivity contribution in [3.8, 4) is 0 Å². The van der Waals surface area contributed by atoms with Crippen molar-refractivity contribution >= 4 is 28.9 Å². The standard InChI is InChI=1S/C9H13ClN6OS/c1-14-5-15(2)9(12-13-17)16(6-14)4-7-3-11-8(10)18-7/h3H,4-6H2,1-2H3/b12-9+. The van der Waals surface area contributed by atoms with Crippen molar-refractivity contribution in [1.82, 2.24) is 19.7 Å². The molecular weight excluding hydrogens is 276 g/mol. The SMILES string of the molecule is CN1CN(C)/C(=N\N=O)N(Cc2cnc(Cl)s2)C1. The zero-order chi connectivity index (χ0) is 13.1. The van der Waals surface area contributed by atoms with E-state index in [1.54, 1.807) is 6.20 Å². The summed E-state index contributed by atoms with van der Waals surface area (Å²) in [5.74, 6) is 0.563. The van der Waals surface area contributed by atoms with Crippen LogP contribution in [0.3, 0.4) is 0 Å². The van der Waals surface area contributed by atoms with Crippen LogP contribution in [0.2, 0.25) is 4.47 Å². The summed E-state index contributed by atoms with van der Waals surface area (Å²) in [6, 6.07) is 0. The van der Waals surface area contributed by atoms with Gasteiger partial charge in [-0.3, -0.25) is 4.90 Å². The first kappa shape index (κ1) is 13.2. The van der Waals surface area contributed by atoms with Crippen LogP contribution in [0.4, 0.5) is 0 Å². The molecule has 1 saturated heterocycles. The minimum Gasteiger partial charge on any atom is -0.331 e. The maximum Gasteiger partial charge on any atom is 0.227 e. The van der Waals surface area contributed by atoms with E-state index in [1.807, 2.05) is 23.9 Å². The zero-order valence-electron chi connectivity index (χ0n) is 10.1. The first-order chi connectivity index (χ1) is 8.60. The van der Waals surface area contributed by atoms with Gasteiger partial charge in [-0.2, -0.15) is 0 Å². The van der Waals surface area contributed by atoms with Crippen LogP contribution in [-0.4, -0.2) is 53.1 Å². The highest BCUT2D eigenvalue weighted by atomic mass is 35.5. The lowest BCUT2D eigenvalue weighted by atomic mass is 10.4. The molecule has 0 N–H and O–H groups in total. The van der Waals surface area contributed by atoms with E-state index in [1.165, 1.54) is 11.3 Å². The summed E-state index contributed by atoms with van der Waals surface area (Å²) < 4.78 is 0.510. The van der Waals surface area contributed by atoms with Crippen LogP contribution >= 0.6 is 22.9 Å². The average molecular weight is 289 g/mol. The average Bonchev–Trinajstić information content (AvgIpc) is 2.69. The Morgan fingerprint density at radius 1 is 1.50 bits per heavy atom. The van der Waals surface area contributed by atoms with Crippen LogP contribution in [0.5, 0.6) is 0 Å². The molecule has 0 amide bonds. The Labute approximate surface area is 114 Å². The van der Waals surface area contributed by atoms with Gasteiger partial charge in [0.05, 0.1) is 25.2 Å². The van der Waals surface area contributed by atoms with Gasteiger partial charge in [-0.25, -0.2) is 4.98 Å². The molecule has 9 heteroatoms. The molecule has 0 radical (unpaired) electrons. The highest BCUT2D eigenvalue weighted by molar-refractivity contribution is 7.15. The molecule has 0 spiro atoms. The summed E-state index contributed by atoms with van der Waals surface area (Å²) in [5, 5.41) is 6.28. The largest absolute Gasteiger partial charge is 0.331 e. The normalized spacial score (nSPS) is 19.6. The Hall–Kier alpha value is -1.25. The smallest absolute Gasteiger partial charge is 0.227 e. The minimum absolute atomic E-state index is 0.510. The molecular formula is C9H13ClN6OS. The van der Waals surface area contributed by atoms with E-state index in [9.17, 15) is 4.91 Å². The molecule has 0 bridgehead atoms. The summed E-state index contributed by atoms with van der Waals surface area (Å²) in [7, 11) is 3.86. The topological polar surface area (TPSA) is 64.4 Å². The Morgan fingerprint density at radius 2 is 2.28 bits per heavy atom. The molecule has 18 heavy (non-hydrogen) atoms. The van der Waals surface area contributed by atoms with Crippen LogP contribution < -0.4 is 0 Å². The van der Waals surface area contributed by atoms with Crippen molar-refractivity contribution < 1.29 is 0 Å². The van der Waals surface area contributed by atoms with E-state index in [0.717, 1.165) is 4.88 Å². The number of hydrogen-bond acceptors (Lipinski definition) is 5. The first-order valence-corrected chi connectivity index (χ1v) is 6.44. The summed E-state index contributed by atoms with van der Waals surface area (Å²) in [5.41, 5.74) is 0. The van der Waals surface area contributed by atoms with Gasteiger partial charge in [-0.1, -0.05) is 16.7 Å². The number of aromatic nitrogens is 1. The third kappa shape index (κ3) is 2.95. The second-order valence-electron chi connectivity index (χ2n) is 4.10. The Kier molecular flexibility index (Phi) is 4.10. The summed E-state index contributed by atoms with van der Waals surface area (Å²) >= 11 is 7.22. The Balaban J connectivity index is 2.16. The number of rotatable bonds is 3. The predicted molar refractivity (Wildman–Crippen MR) is 71.2 cm³/mol. The molecule has 2 rings (SSSR count). The lowest BCUT2D eigenvalue weighted by molar-refractivity contribution is 0.111. The second kappa shape index (κ2) is 5.59. The molecule has 1 aliphatic rings. The monoisotopic (exact) mass is 288 g/mol. The summed E-state index contributed by atoms with van der Waals surface area (Å²) in [4.78, 5) is 21.3. The van der Waals surface area contributed by atoms with E-state index < -0.39 is 0 Å². The Morgan fingerprint density at radius 3 is 2.89 bits per heavy atom. The molecule has 1 fully saturated rings. The minimum atomic E-state index is 0.510. The molecule has 2 heterocycles. The lowest BCUT2D eigenvalue weighted by Crippen LogP contribution is -2.55. The fourth-order valence-electron chi connectivity index (χ4n) is 1.91. The van der Waals surface area contributed by atoms with Gasteiger partial charge in [-0.15, -0.1) is 16.2 Å². The molecule has 0 aromatic carbocycles. The van der Waals surface area contributed by atoms with Crippen molar-refractivity contribution in [3.63, 3.8) is 0 Å². The third-order valence-electron chi connectivity index (χ3n) is 2.49. The van der Waals surface area contributed by atoms with E-state index in [0.29, 0.717) is 30.3 Å². The third-order valence-corrected chi connectivity index (χ3v) is 3.59. The van der Waals surface area contributed by atoms with Crippen molar-refractivity contribution in [1.29, 1.82) is 0 Å². The van der Waals surface area contributed by atoms with Crippen molar-refractivity contribution in [2.45, 2.75) is 6.54 Å². The van der Waals surface area contributed by atoms with Crippen LogP contribution in [0.15, 0.2) is 16.6 Å². The Bertz CT molecular complexity index is 464. The number of nitrogens with zero attached hydrogens (tertiary/aromatic N) is 6. The van der Waals surface area contributed by atoms with Crippen LogP contribution in [-0.2, 0) is 6.54 Å². The lowest BCUT2D eigenvalue weighted by Gasteiger charge is -2.40. The van der Waals surface area contributed by atoms with Crippen LogP contribution in [0.25, 0.3) is 0 Å². The highest BCUT2D eigenvalue weighted by Gasteiger charge is 2.25. The van der Waals surface area contributed by atoms with Crippen molar-refractivity contribution in [2.24, 2.45) is 10.4 Å². The molecule has 98 valence electrons. The second-order valence-corrected chi connectivity index (χ2v) is 5.79. The molecule has 0 aliphatic carbocycles. The van der Waals surface area contributed by atoms with E-state index in [4.69, 9.17) is 11.6 Å². The molecule has 0 unspecified atom stereocenters. The van der Waals surface area contributed by atoms with E-state index >= 15 is 0 Å². The van der Waals surface area contributed by atoms with Gasteiger partial charge >= 0.3 is 0 Å². The van der Waals surface area contributed by atoms with Gasteiger partial charge in [0.15, 0.2) is 4.47 Å². The summed E-state index contributed by atoms with van der Waals surface area (Å²) in [6.45, 7) is 1.98. The fraction of sp³-hybridized carbons (Fsp3) is 0.556. The van der Waals surface area contributed by atoms with E-state index in [-0.39, 0.29) is 0 Å². The van der Waals surface area contributed by atoms with Gasteiger partial charge < -0.3 is 9.80 Å². The predicted octanol–water partition coefficient (Wildman–Crippen LogP) is 1.43. The molecule has 1 aromatic rings. The van der Waals surface area contributed by atoms with Crippen LogP contribution in [0.1, 0.15) is 4.88 Å². The summed E-state index contributed by atoms with van der Waals surface area (Å²) in [6.07, 6.45) is 1.73.